The van der Waals surface area contributed by atoms with Crippen LogP contribution in [0.3, 0.4) is 0 Å². The van der Waals surface area contributed by atoms with E-state index >= 15 is 0 Å². The molecule has 0 radical (unpaired) electrons. The second-order valence-corrected chi connectivity index (χ2v) is 32.3. The lowest BCUT2D eigenvalue weighted by molar-refractivity contribution is 0.195. The summed E-state index contributed by atoms with van der Waals surface area (Å²) in [5, 5.41) is 0. The van der Waals surface area contributed by atoms with Crippen LogP contribution in [0.5, 0.6) is 0 Å². The molecule has 4 heteroatoms. The third-order valence-corrected chi connectivity index (χ3v) is 22.9. The standard InChI is InChI=1S/C77H90BN3/c1-47-36-53-57(74(13,14)45-72(53,9)10)42-63(47)80-65-44-58-55(73(11,12)46-75(58,15)16)41-60(65)78-59-40-54-56(71(7,8)35-34-70(54,5)6)43-64(59)79(61-31-30-49(69(2,3)4)37-51(61)48-26-20-19-21-27-48)66-38-50(39-67(80)68(66)78)81-62-29-23-22-28-52(62)76(17)32-24-25-33-77(76,81)18/h19-23,26-31,36-44H,24-25,32-35,45-46H2,1-18H3. The van der Waals surface area contributed by atoms with Crippen LogP contribution in [-0.2, 0) is 43.3 Å². The lowest BCUT2D eigenvalue weighted by Crippen LogP contribution is -2.62. The van der Waals surface area contributed by atoms with Crippen LogP contribution in [0.2, 0.25) is 0 Å². The third kappa shape index (κ3) is 7.32. The van der Waals surface area contributed by atoms with Crippen molar-refractivity contribution in [3.63, 3.8) is 0 Å². The van der Waals surface area contributed by atoms with E-state index in [1.165, 1.54) is 149 Å². The Morgan fingerprint density at radius 1 is 0.407 bits per heavy atom. The van der Waals surface area contributed by atoms with E-state index in [1.54, 1.807) is 0 Å². The van der Waals surface area contributed by atoms with E-state index in [0.717, 1.165) is 25.7 Å². The monoisotopic (exact) mass is 1070 g/mol. The molecule has 0 N–H and O–H groups in total. The molecule has 0 saturated heterocycles. The number of anilines is 8. The van der Waals surface area contributed by atoms with Crippen LogP contribution in [0.1, 0.15) is 219 Å². The van der Waals surface area contributed by atoms with Crippen LogP contribution in [0.15, 0.2) is 121 Å². The fourth-order valence-electron chi connectivity index (χ4n) is 18.7. The Morgan fingerprint density at radius 2 is 0.889 bits per heavy atom. The number of hydrogen-bond acceptors (Lipinski definition) is 3. The van der Waals surface area contributed by atoms with E-state index in [0.29, 0.717) is 0 Å². The van der Waals surface area contributed by atoms with Gasteiger partial charge in [0, 0.05) is 50.8 Å². The van der Waals surface area contributed by atoms with E-state index < -0.39 is 0 Å². The average Bonchev–Trinajstić information content (AvgIpc) is 1.99. The summed E-state index contributed by atoms with van der Waals surface area (Å²) in [6.45, 7) is 44.9. The SMILES string of the molecule is Cc1cc2c(cc1N1c3cc4c(cc3B3c5cc6c(cc5N(c5ccc(C(C)(C)C)cc5-c5ccccc5)c5cc(N7c8ccccc8C8(C)CCCCC78C)cc1c53)C(C)(C)CCC6(C)C)C(C)(C)CC4(C)C)C(C)(C)CC2(C)C. The molecule has 2 atom stereocenters. The fraction of sp³-hybridized carbons (Fsp3) is 0.455. The van der Waals surface area contributed by atoms with Gasteiger partial charge in [-0.3, -0.25) is 0 Å². The number of benzene rings is 7. The highest BCUT2D eigenvalue weighted by Crippen LogP contribution is 2.63. The molecule has 4 aliphatic carbocycles. The van der Waals surface area contributed by atoms with Crippen molar-refractivity contribution < 1.29 is 0 Å². The van der Waals surface area contributed by atoms with Gasteiger partial charge in [-0.25, -0.2) is 0 Å². The summed E-state index contributed by atoms with van der Waals surface area (Å²) < 4.78 is 0. The quantitative estimate of drug-likeness (QED) is 0.163. The van der Waals surface area contributed by atoms with Crippen LogP contribution in [0.4, 0.5) is 45.5 Å². The Labute approximate surface area is 488 Å². The molecule has 2 unspecified atom stereocenters. The molecule has 0 aromatic heterocycles. The maximum Gasteiger partial charge on any atom is 0.252 e. The molecule has 1 saturated carbocycles. The summed E-state index contributed by atoms with van der Waals surface area (Å²) >= 11 is 0. The van der Waals surface area contributed by atoms with Gasteiger partial charge in [0.05, 0.1) is 11.2 Å². The van der Waals surface area contributed by atoms with Crippen LogP contribution in [0, 0.1) is 6.92 Å². The Morgan fingerprint density at radius 3 is 1.47 bits per heavy atom. The molecule has 3 aliphatic heterocycles. The van der Waals surface area contributed by atoms with E-state index in [4.69, 9.17) is 0 Å². The highest BCUT2D eigenvalue weighted by Gasteiger charge is 2.59. The Bertz CT molecular complexity index is 3840. The molecule has 7 aromatic rings. The zero-order valence-corrected chi connectivity index (χ0v) is 52.6. The maximum absolute atomic E-state index is 2.86. The Balaban J connectivity index is 1.18. The average molecular weight is 1070 g/mol. The van der Waals surface area contributed by atoms with E-state index in [9.17, 15) is 0 Å². The van der Waals surface area contributed by atoms with Gasteiger partial charge in [0.2, 0.25) is 0 Å². The topological polar surface area (TPSA) is 9.72 Å². The molecule has 3 nitrogen and oxygen atoms in total. The number of hydrogen-bond donors (Lipinski definition) is 0. The van der Waals surface area contributed by atoms with Gasteiger partial charge in [0.25, 0.3) is 6.71 Å². The third-order valence-electron chi connectivity index (χ3n) is 22.9. The molecule has 0 spiro atoms. The molecule has 81 heavy (non-hydrogen) atoms. The van der Waals surface area contributed by atoms with E-state index in [1.807, 2.05) is 0 Å². The molecular weight excluding hydrogens is 978 g/mol. The van der Waals surface area contributed by atoms with Gasteiger partial charge < -0.3 is 14.7 Å². The van der Waals surface area contributed by atoms with Gasteiger partial charge in [0.15, 0.2) is 0 Å². The van der Waals surface area contributed by atoms with Crippen LogP contribution in [0.25, 0.3) is 11.1 Å². The lowest BCUT2D eigenvalue weighted by atomic mass is 9.33. The Hall–Kier alpha value is -6.00. The minimum atomic E-state index is -0.141. The first-order valence-electron chi connectivity index (χ1n) is 31.3. The minimum absolute atomic E-state index is 0.00161. The molecule has 3 heterocycles. The van der Waals surface area contributed by atoms with Gasteiger partial charge in [-0.1, -0.05) is 196 Å². The van der Waals surface area contributed by atoms with Crippen molar-refractivity contribution in [2.45, 2.75) is 225 Å². The molecule has 7 aromatic carbocycles. The van der Waals surface area contributed by atoms with Crippen LogP contribution < -0.4 is 31.1 Å². The molecule has 416 valence electrons. The second kappa shape index (κ2) is 16.6. The predicted octanol–water partition coefficient (Wildman–Crippen LogP) is 19.1. The van der Waals surface area contributed by atoms with Gasteiger partial charge in [-0.15, -0.1) is 0 Å². The first-order valence-corrected chi connectivity index (χ1v) is 31.3. The molecule has 7 aliphatic rings. The van der Waals surface area contributed by atoms with Crippen molar-refractivity contribution in [3.8, 4) is 11.1 Å². The van der Waals surface area contributed by atoms with Crippen molar-refractivity contribution in [2.24, 2.45) is 0 Å². The largest absolute Gasteiger partial charge is 0.334 e. The maximum atomic E-state index is 2.86. The van der Waals surface area contributed by atoms with Gasteiger partial charge >= 0.3 is 0 Å². The molecular formula is C77H90BN3. The first-order chi connectivity index (χ1) is 37.9. The summed E-state index contributed by atoms with van der Waals surface area (Å²) in [5.41, 5.74) is 30.5. The van der Waals surface area contributed by atoms with Crippen molar-refractivity contribution in [1.82, 2.24) is 0 Å². The van der Waals surface area contributed by atoms with Crippen molar-refractivity contribution in [2.75, 3.05) is 14.7 Å². The lowest BCUT2D eigenvalue weighted by Gasteiger charge is -2.51. The second-order valence-electron chi connectivity index (χ2n) is 32.3. The predicted molar refractivity (Wildman–Crippen MR) is 349 cm³/mol. The summed E-state index contributed by atoms with van der Waals surface area (Å²) in [5.74, 6) is 0. The number of aryl methyl sites for hydroxylation is 1. The summed E-state index contributed by atoms with van der Waals surface area (Å²) in [6.07, 6.45) is 9.38. The zero-order chi connectivity index (χ0) is 57.3. The Kier molecular flexibility index (Phi) is 10.9. The molecule has 1 fully saturated rings. The molecule has 0 amide bonds. The fourth-order valence-corrected chi connectivity index (χ4v) is 18.7. The van der Waals surface area contributed by atoms with Crippen molar-refractivity contribution >= 4 is 68.6 Å². The summed E-state index contributed by atoms with van der Waals surface area (Å²) in [6, 6.07) is 50.0. The smallest absolute Gasteiger partial charge is 0.252 e. The number of para-hydroxylation sites is 1. The van der Waals surface area contributed by atoms with Crippen molar-refractivity contribution in [3.05, 3.63) is 171 Å². The number of rotatable bonds is 4. The van der Waals surface area contributed by atoms with Gasteiger partial charge in [-0.2, -0.15) is 0 Å². The summed E-state index contributed by atoms with van der Waals surface area (Å²) in [7, 11) is 0. The van der Waals surface area contributed by atoms with Gasteiger partial charge in [0.1, 0.15) is 0 Å². The van der Waals surface area contributed by atoms with Gasteiger partial charge in [-0.05, 0) is 211 Å². The van der Waals surface area contributed by atoms with Crippen molar-refractivity contribution in [1.29, 1.82) is 0 Å². The molecule has 14 rings (SSSR count). The number of fused-ring (bicyclic) bond motifs is 10. The minimum Gasteiger partial charge on any atom is -0.334 e. The highest BCUT2D eigenvalue weighted by atomic mass is 15.3. The zero-order valence-electron chi connectivity index (χ0n) is 52.6. The first kappa shape index (κ1) is 53.0. The highest BCUT2D eigenvalue weighted by molar-refractivity contribution is 7.00. The normalized spacial score (nSPS) is 24.1. The van der Waals surface area contributed by atoms with E-state index in [2.05, 4.69) is 261 Å². The van der Waals surface area contributed by atoms with Crippen LogP contribution >= 0.6 is 0 Å². The summed E-state index contributed by atoms with van der Waals surface area (Å²) in [4.78, 5) is 8.49. The number of nitrogens with zero attached hydrogens (tertiary/aromatic N) is 3. The molecule has 0 bridgehead atoms. The van der Waals surface area contributed by atoms with E-state index in [-0.39, 0.29) is 55.6 Å². The van der Waals surface area contributed by atoms with Crippen LogP contribution in [-0.4, -0.2) is 12.3 Å².